The molecule has 1 aliphatic rings. The van der Waals surface area contributed by atoms with Gasteiger partial charge in [0.1, 0.15) is 5.69 Å². The number of rotatable bonds is 2. The van der Waals surface area contributed by atoms with Gasteiger partial charge in [0.2, 0.25) is 0 Å². The van der Waals surface area contributed by atoms with E-state index in [9.17, 15) is 4.79 Å². The number of halogens is 1. The van der Waals surface area contributed by atoms with Crippen LogP contribution < -0.4 is 0 Å². The van der Waals surface area contributed by atoms with Gasteiger partial charge in [-0.3, -0.25) is 4.79 Å². The SMILES string of the molecule is O=C(c1cscn1)N1CCC(CCl)CC1. The second kappa shape index (κ2) is 4.94. The number of carbonyl (C=O) groups excluding carboxylic acids is 1. The third kappa shape index (κ3) is 2.49. The normalized spacial score (nSPS) is 18.1. The molecule has 1 saturated heterocycles. The summed E-state index contributed by atoms with van der Waals surface area (Å²) in [5.41, 5.74) is 2.27. The molecular formula is C10H13ClN2OS. The van der Waals surface area contributed by atoms with Crippen molar-refractivity contribution in [3.05, 3.63) is 16.6 Å². The summed E-state index contributed by atoms with van der Waals surface area (Å²) in [5.74, 6) is 1.34. The first-order valence-electron chi connectivity index (χ1n) is 5.04. The lowest BCUT2D eigenvalue weighted by Crippen LogP contribution is -2.38. The van der Waals surface area contributed by atoms with E-state index >= 15 is 0 Å². The number of thiazole rings is 1. The van der Waals surface area contributed by atoms with Gasteiger partial charge in [-0.05, 0) is 18.8 Å². The Balaban J connectivity index is 1.93. The van der Waals surface area contributed by atoms with Crippen LogP contribution in [0, 0.1) is 5.92 Å². The molecule has 0 radical (unpaired) electrons. The van der Waals surface area contributed by atoms with Gasteiger partial charge in [-0.2, -0.15) is 0 Å². The summed E-state index contributed by atoms with van der Waals surface area (Å²) in [6.45, 7) is 1.63. The molecule has 15 heavy (non-hydrogen) atoms. The molecule has 0 saturated carbocycles. The zero-order chi connectivity index (χ0) is 10.7. The fourth-order valence-corrected chi connectivity index (χ4v) is 2.60. The minimum Gasteiger partial charge on any atom is -0.337 e. The average Bonchev–Trinajstić information content (AvgIpc) is 2.82. The Kier molecular flexibility index (Phi) is 3.59. The van der Waals surface area contributed by atoms with E-state index in [0.717, 1.165) is 25.9 Å². The number of alkyl halides is 1. The quantitative estimate of drug-likeness (QED) is 0.748. The molecule has 2 heterocycles. The summed E-state index contributed by atoms with van der Waals surface area (Å²) in [7, 11) is 0. The molecule has 0 N–H and O–H groups in total. The number of hydrogen-bond donors (Lipinski definition) is 0. The van der Waals surface area contributed by atoms with E-state index in [0.29, 0.717) is 17.5 Å². The molecular weight excluding hydrogens is 232 g/mol. The van der Waals surface area contributed by atoms with Crippen molar-refractivity contribution in [2.75, 3.05) is 19.0 Å². The highest BCUT2D eigenvalue weighted by atomic mass is 35.5. The van der Waals surface area contributed by atoms with Crippen LogP contribution >= 0.6 is 22.9 Å². The molecule has 0 aliphatic carbocycles. The topological polar surface area (TPSA) is 33.2 Å². The minimum absolute atomic E-state index is 0.0595. The number of nitrogens with zero attached hydrogens (tertiary/aromatic N) is 2. The van der Waals surface area contributed by atoms with Gasteiger partial charge < -0.3 is 4.90 Å². The summed E-state index contributed by atoms with van der Waals surface area (Å²) in [6.07, 6.45) is 2.03. The summed E-state index contributed by atoms with van der Waals surface area (Å²) >= 11 is 7.25. The van der Waals surface area contributed by atoms with Gasteiger partial charge >= 0.3 is 0 Å². The van der Waals surface area contributed by atoms with Crippen molar-refractivity contribution in [3.8, 4) is 0 Å². The Hall–Kier alpha value is -0.610. The highest BCUT2D eigenvalue weighted by Crippen LogP contribution is 2.19. The first-order valence-corrected chi connectivity index (χ1v) is 6.52. The Labute approximate surface area is 98.1 Å². The summed E-state index contributed by atoms with van der Waals surface area (Å²) in [4.78, 5) is 17.8. The van der Waals surface area contributed by atoms with Crippen LogP contribution in [0.3, 0.4) is 0 Å². The van der Waals surface area contributed by atoms with Gasteiger partial charge in [-0.25, -0.2) is 4.98 Å². The molecule has 82 valence electrons. The van der Waals surface area contributed by atoms with Crippen molar-refractivity contribution >= 4 is 28.8 Å². The van der Waals surface area contributed by atoms with Crippen LogP contribution in [0.4, 0.5) is 0 Å². The number of carbonyl (C=O) groups is 1. The maximum atomic E-state index is 11.9. The molecule has 0 spiro atoms. The predicted molar refractivity (Wildman–Crippen MR) is 61.5 cm³/mol. The zero-order valence-electron chi connectivity index (χ0n) is 8.36. The third-order valence-corrected chi connectivity index (χ3v) is 3.79. The lowest BCUT2D eigenvalue weighted by Gasteiger charge is -2.30. The van der Waals surface area contributed by atoms with Crippen LogP contribution in [0.15, 0.2) is 10.9 Å². The van der Waals surface area contributed by atoms with E-state index in [-0.39, 0.29) is 5.91 Å². The number of amides is 1. The van der Waals surface area contributed by atoms with Gasteiger partial charge in [0.05, 0.1) is 5.51 Å². The van der Waals surface area contributed by atoms with Gasteiger partial charge in [0.25, 0.3) is 5.91 Å². The van der Waals surface area contributed by atoms with Crippen molar-refractivity contribution < 1.29 is 4.79 Å². The Morgan fingerprint density at radius 2 is 2.33 bits per heavy atom. The molecule has 1 aromatic rings. The first-order chi connectivity index (χ1) is 7.31. The summed E-state index contributed by atoms with van der Waals surface area (Å²) in [5, 5.41) is 1.80. The van der Waals surface area contributed by atoms with Crippen molar-refractivity contribution in [2.45, 2.75) is 12.8 Å². The fourth-order valence-electron chi connectivity index (χ4n) is 1.77. The third-order valence-electron chi connectivity index (χ3n) is 2.77. The smallest absolute Gasteiger partial charge is 0.273 e. The fraction of sp³-hybridized carbons (Fsp3) is 0.600. The van der Waals surface area contributed by atoms with E-state index in [1.165, 1.54) is 11.3 Å². The second-order valence-corrected chi connectivity index (χ2v) is 4.79. The lowest BCUT2D eigenvalue weighted by molar-refractivity contribution is 0.0693. The van der Waals surface area contributed by atoms with Crippen LogP contribution in [-0.4, -0.2) is 34.8 Å². The van der Waals surface area contributed by atoms with Crippen molar-refractivity contribution in [1.82, 2.24) is 9.88 Å². The van der Waals surface area contributed by atoms with Crippen molar-refractivity contribution in [1.29, 1.82) is 0 Å². The van der Waals surface area contributed by atoms with Crippen LogP contribution in [0.2, 0.25) is 0 Å². The molecule has 0 aromatic carbocycles. The van der Waals surface area contributed by atoms with Crippen LogP contribution in [0.5, 0.6) is 0 Å². The van der Waals surface area contributed by atoms with Crippen LogP contribution in [0.25, 0.3) is 0 Å². The highest BCUT2D eigenvalue weighted by molar-refractivity contribution is 7.07. The van der Waals surface area contributed by atoms with Crippen LogP contribution in [-0.2, 0) is 0 Å². The minimum atomic E-state index is 0.0595. The number of hydrogen-bond acceptors (Lipinski definition) is 3. The second-order valence-electron chi connectivity index (χ2n) is 3.76. The molecule has 2 rings (SSSR count). The van der Waals surface area contributed by atoms with Gasteiger partial charge in [0.15, 0.2) is 0 Å². The number of likely N-dealkylation sites (tertiary alicyclic amines) is 1. The van der Waals surface area contributed by atoms with E-state index < -0.39 is 0 Å². The monoisotopic (exact) mass is 244 g/mol. The van der Waals surface area contributed by atoms with E-state index in [2.05, 4.69) is 4.98 Å². The molecule has 0 atom stereocenters. The Bertz CT molecular complexity index is 320. The predicted octanol–water partition coefficient (Wildman–Crippen LogP) is 2.23. The molecule has 1 amide bonds. The molecule has 1 aromatic heterocycles. The van der Waals surface area contributed by atoms with E-state index in [1.807, 2.05) is 4.90 Å². The Morgan fingerprint density at radius 1 is 1.60 bits per heavy atom. The van der Waals surface area contributed by atoms with Crippen LogP contribution in [0.1, 0.15) is 23.3 Å². The van der Waals surface area contributed by atoms with E-state index in [1.54, 1.807) is 10.9 Å². The van der Waals surface area contributed by atoms with Gasteiger partial charge in [-0.1, -0.05) is 0 Å². The van der Waals surface area contributed by atoms with Gasteiger partial charge in [0, 0.05) is 24.3 Å². The van der Waals surface area contributed by atoms with Crippen molar-refractivity contribution in [2.24, 2.45) is 5.92 Å². The molecule has 5 heteroatoms. The van der Waals surface area contributed by atoms with Crippen molar-refractivity contribution in [3.63, 3.8) is 0 Å². The average molecular weight is 245 g/mol. The molecule has 0 bridgehead atoms. The zero-order valence-corrected chi connectivity index (χ0v) is 9.93. The molecule has 1 fully saturated rings. The first kappa shape index (κ1) is 10.9. The lowest BCUT2D eigenvalue weighted by atomic mass is 9.99. The van der Waals surface area contributed by atoms with Gasteiger partial charge in [-0.15, -0.1) is 22.9 Å². The van der Waals surface area contributed by atoms with E-state index in [4.69, 9.17) is 11.6 Å². The largest absolute Gasteiger partial charge is 0.337 e. The highest BCUT2D eigenvalue weighted by Gasteiger charge is 2.23. The molecule has 3 nitrogen and oxygen atoms in total. The Morgan fingerprint density at radius 3 is 2.87 bits per heavy atom. The summed E-state index contributed by atoms with van der Waals surface area (Å²) < 4.78 is 0. The maximum absolute atomic E-state index is 11.9. The molecule has 0 unspecified atom stereocenters. The standard InChI is InChI=1S/C10H13ClN2OS/c11-5-8-1-3-13(4-2-8)10(14)9-6-15-7-12-9/h6-8H,1-5H2. The number of aromatic nitrogens is 1. The summed E-state index contributed by atoms with van der Waals surface area (Å²) in [6, 6.07) is 0. The maximum Gasteiger partial charge on any atom is 0.273 e. The number of piperidine rings is 1. The molecule has 1 aliphatic heterocycles.